The average Bonchev–Trinajstić information content (AvgIpc) is 3.28. The second-order valence-electron chi connectivity index (χ2n) is 7.47. The zero-order chi connectivity index (χ0) is 19.2. The molecule has 2 aliphatic heterocycles. The first-order valence-electron chi connectivity index (χ1n) is 9.45. The predicted octanol–water partition coefficient (Wildman–Crippen LogP) is 1.85. The van der Waals surface area contributed by atoms with Crippen molar-refractivity contribution in [1.82, 2.24) is 15.1 Å². The Balaban J connectivity index is 1.69. The number of aryl methyl sites for hydroxylation is 1. The molecular formula is C20H24N4O3. The highest BCUT2D eigenvalue weighted by Crippen LogP contribution is 2.49. The van der Waals surface area contributed by atoms with Gasteiger partial charge in [0, 0.05) is 23.5 Å². The maximum atomic E-state index is 13.1. The standard InChI is InChI=1S/C20H24N4O3/c1-3-6-16-20(14-7-4-5-8-15(14)21-19(20)27)9-10-24(16)17(25)11-13-12(2)22-23-18(13)26/h4-5,7-8,16H,3,6,9-11H2,1-2H3,(H,21,27)(H2,22,23,26)/t16-,20+/m0/s1. The minimum atomic E-state index is -0.693. The molecule has 1 aromatic heterocycles. The van der Waals surface area contributed by atoms with Crippen LogP contribution in [0.15, 0.2) is 29.1 Å². The van der Waals surface area contributed by atoms with Crippen LogP contribution < -0.4 is 10.9 Å². The Bertz CT molecular complexity index is 960. The summed E-state index contributed by atoms with van der Waals surface area (Å²) < 4.78 is 0. The molecule has 0 bridgehead atoms. The van der Waals surface area contributed by atoms with Crippen LogP contribution in [-0.4, -0.2) is 39.5 Å². The maximum Gasteiger partial charge on any atom is 0.267 e. The van der Waals surface area contributed by atoms with Crippen molar-refractivity contribution in [1.29, 1.82) is 0 Å². The number of carbonyl (C=O) groups is 2. The number of para-hydroxylation sites is 1. The van der Waals surface area contributed by atoms with E-state index in [9.17, 15) is 14.4 Å². The van der Waals surface area contributed by atoms with E-state index in [1.807, 2.05) is 29.2 Å². The van der Waals surface area contributed by atoms with Crippen LogP contribution in [0.25, 0.3) is 0 Å². The normalized spacial score (nSPS) is 23.7. The van der Waals surface area contributed by atoms with Gasteiger partial charge in [0.1, 0.15) is 0 Å². The average molecular weight is 368 g/mol. The Morgan fingerprint density at radius 3 is 2.74 bits per heavy atom. The molecule has 1 aromatic carbocycles. The molecule has 7 nitrogen and oxygen atoms in total. The SMILES string of the molecule is CCC[C@@H]1N(C(=O)Cc2c(C)[nH][nH]c2=O)CC[C@]12C(=O)Nc1ccccc12. The molecular weight excluding hydrogens is 344 g/mol. The van der Waals surface area contributed by atoms with Crippen LogP contribution in [0, 0.1) is 6.92 Å². The zero-order valence-electron chi connectivity index (χ0n) is 15.6. The third kappa shape index (κ3) is 2.52. The van der Waals surface area contributed by atoms with Crippen LogP contribution in [0.5, 0.6) is 0 Å². The zero-order valence-corrected chi connectivity index (χ0v) is 15.6. The highest BCUT2D eigenvalue weighted by Gasteiger charge is 2.58. The van der Waals surface area contributed by atoms with Gasteiger partial charge in [0.15, 0.2) is 0 Å². The van der Waals surface area contributed by atoms with Crippen molar-refractivity contribution in [3.63, 3.8) is 0 Å². The van der Waals surface area contributed by atoms with Gasteiger partial charge in [0.05, 0.1) is 17.9 Å². The smallest absolute Gasteiger partial charge is 0.267 e. The van der Waals surface area contributed by atoms with Crippen molar-refractivity contribution in [2.45, 2.75) is 51.0 Å². The van der Waals surface area contributed by atoms with E-state index in [0.29, 0.717) is 24.2 Å². The molecule has 142 valence electrons. The minimum Gasteiger partial charge on any atom is -0.338 e. The number of hydrogen-bond acceptors (Lipinski definition) is 3. The molecule has 2 aliphatic rings. The molecule has 27 heavy (non-hydrogen) atoms. The van der Waals surface area contributed by atoms with Gasteiger partial charge in [-0.1, -0.05) is 31.5 Å². The number of benzene rings is 1. The Labute approximate surface area is 157 Å². The van der Waals surface area contributed by atoms with E-state index in [2.05, 4.69) is 22.4 Å². The summed E-state index contributed by atoms with van der Waals surface area (Å²) in [6.45, 7) is 4.36. The van der Waals surface area contributed by atoms with Crippen LogP contribution in [0.4, 0.5) is 5.69 Å². The highest BCUT2D eigenvalue weighted by molar-refractivity contribution is 6.07. The third-order valence-corrected chi connectivity index (χ3v) is 6.05. The highest BCUT2D eigenvalue weighted by atomic mass is 16.2. The summed E-state index contributed by atoms with van der Waals surface area (Å²) in [4.78, 5) is 39.9. The number of rotatable bonds is 4. The van der Waals surface area contributed by atoms with E-state index < -0.39 is 5.41 Å². The van der Waals surface area contributed by atoms with Gasteiger partial charge >= 0.3 is 0 Å². The van der Waals surface area contributed by atoms with Crippen LogP contribution in [0.1, 0.15) is 43.0 Å². The summed E-state index contributed by atoms with van der Waals surface area (Å²) >= 11 is 0. The number of anilines is 1. The van der Waals surface area contributed by atoms with Crippen molar-refractivity contribution in [3.05, 3.63) is 51.4 Å². The Hall–Kier alpha value is -2.83. The molecule has 0 saturated carbocycles. The first-order valence-corrected chi connectivity index (χ1v) is 9.45. The third-order valence-electron chi connectivity index (χ3n) is 6.05. The van der Waals surface area contributed by atoms with Crippen LogP contribution in [0.2, 0.25) is 0 Å². The number of likely N-dealkylation sites (tertiary alicyclic amines) is 1. The van der Waals surface area contributed by atoms with Crippen molar-refractivity contribution < 1.29 is 9.59 Å². The van der Waals surface area contributed by atoms with Crippen molar-refractivity contribution in [2.75, 3.05) is 11.9 Å². The van der Waals surface area contributed by atoms with Gasteiger partial charge in [-0.25, -0.2) is 0 Å². The topological polar surface area (TPSA) is 98.1 Å². The summed E-state index contributed by atoms with van der Waals surface area (Å²) in [7, 11) is 0. The number of nitrogens with zero attached hydrogens (tertiary/aromatic N) is 1. The maximum absolute atomic E-state index is 13.1. The van der Waals surface area contributed by atoms with Gasteiger partial charge in [0.2, 0.25) is 11.8 Å². The molecule has 2 aromatic rings. The summed E-state index contributed by atoms with van der Waals surface area (Å²) in [5, 5.41) is 8.29. The molecule has 1 fully saturated rings. The number of fused-ring (bicyclic) bond motifs is 2. The lowest BCUT2D eigenvalue weighted by atomic mass is 9.73. The molecule has 4 rings (SSSR count). The summed E-state index contributed by atoms with van der Waals surface area (Å²) in [6, 6.07) is 7.56. The second kappa shape index (κ2) is 6.40. The summed E-state index contributed by atoms with van der Waals surface area (Å²) in [5.74, 6) is -0.121. The Morgan fingerprint density at radius 2 is 2.04 bits per heavy atom. The van der Waals surface area contributed by atoms with Crippen molar-refractivity contribution in [3.8, 4) is 0 Å². The first-order chi connectivity index (χ1) is 13.0. The number of H-pyrrole nitrogens is 2. The van der Waals surface area contributed by atoms with E-state index in [4.69, 9.17) is 0 Å². The van der Waals surface area contributed by atoms with Gasteiger partial charge in [-0.3, -0.25) is 19.5 Å². The van der Waals surface area contributed by atoms with Crippen LogP contribution in [-0.2, 0) is 21.4 Å². The minimum absolute atomic E-state index is 0.0203. The van der Waals surface area contributed by atoms with Gasteiger partial charge in [-0.15, -0.1) is 0 Å². The summed E-state index contributed by atoms with van der Waals surface area (Å²) in [5.41, 5.74) is 2.02. The van der Waals surface area contributed by atoms with Crippen LogP contribution in [0.3, 0.4) is 0 Å². The molecule has 7 heteroatoms. The number of aromatic nitrogens is 2. The van der Waals surface area contributed by atoms with Crippen molar-refractivity contribution >= 4 is 17.5 Å². The number of aromatic amines is 2. The number of nitrogens with one attached hydrogen (secondary N) is 3. The Morgan fingerprint density at radius 1 is 1.26 bits per heavy atom. The van der Waals surface area contributed by atoms with E-state index in [-0.39, 0.29) is 29.8 Å². The van der Waals surface area contributed by atoms with Crippen LogP contribution >= 0.6 is 0 Å². The lowest BCUT2D eigenvalue weighted by Crippen LogP contribution is -2.49. The molecule has 3 heterocycles. The molecule has 1 saturated heterocycles. The lowest BCUT2D eigenvalue weighted by Gasteiger charge is -2.34. The molecule has 1 spiro atoms. The molecule has 0 aliphatic carbocycles. The van der Waals surface area contributed by atoms with Gasteiger partial charge < -0.3 is 15.3 Å². The van der Waals surface area contributed by atoms with Gasteiger partial charge in [-0.05, 0) is 31.4 Å². The van der Waals surface area contributed by atoms with E-state index in [1.165, 1.54) is 0 Å². The molecule has 3 N–H and O–H groups in total. The van der Waals surface area contributed by atoms with Crippen molar-refractivity contribution in [2.24, 2.45) is 0 Å². The fourth-order valence-electron chi connectivity index (χ4n) is 4.71. The molecule has 0 unspecified atom stereocenters. The van der Waals surface area contributed by atoms with E-state index in [0.717, 1.165) is 24.1 Å². The fraction of sp³-hybridized carbons (Fsp3) is 0.450. The van der Waals surface area contributed by atoms with Gasteiger partial charge in [-0.2, -0.15) is 0 Å². The number of amides is 2. The predicted molar refractivity (Wildman–Crippen MR) is 102 cm³/mol. The lowest BCUT2D eigenvalue weighted by molar-refractivity contribution is -0.132. The largest absolute Gasteiger partial charge is 0.338 e. The monoisotopic (exact) mass is 368 g/mol. The second-order valence-corrected chi connectivity index (χ2v) is 7.47. The Kier molecular flexibility index (Phi) is 4.17. The molecule has 0 radical (unpaired) electrons. The molecule has 2 amide bonds. The van der Waals surface area contributed by atoms with Gasteiger partial charge in [0.25, 0.3) is 5.56 Å². The number of carbonyl (C=O) groups excluding carboxylic acids is 2. The van der Waals surface area contributed by atoms with E-state index >= 15 is 0 Å². The van der Waals surface area contributed by atoms with E-state index in [1.54, 1.807) is 6.92 Å². The number of hydrogen-bond donors (Lipinski definition) is 3. The quantitative estimate of drug-likeness (QED) is 0.768. The first kappa shape index (κ1) is 17.6. The molecule has 2 atom stereocenters. The summed E-state index contributed by atoms with van der Waals surface area (Å²) in [6.07, 6.45) is 2.27. The fourth-order valence-corrected chi connectivity index (χ4v) is 4.71.